The number of halogens is 1. The van der Waals surface area contributed by atoms with Crippen molar-refractivity contribution in [2.24, 2.45) is 23.5 Å². The van der Waals surface area contributed by atoms with Gasteiger partial charge in [-0.15, -0.1) is 12.4 Å². The van der Waals surface area contributed by atoms with Gasteiger partial charge in [0.1, 0.15) is 0 Å². The van der Waals surface area contributed by atoms with Crippen molar-refractivity contribution in [3.05, 3.63) is 12.2 Å². The quantitative estimate of drug-likeness (QED) is 0.741. The standard InChI is InChI=1S/C15H22N2O3.ClH/c16-9-10-1-3-11(4-2-10)15(20)17-8-7-12-13(18)5-6-14(12)19;/h5-6,10-12H,1-4,7-9,16H2,(H,17,20);1H. The lowest BCUT2D eigenvalue weighted by atomic mass is 9.81. The zero-order valence-electron chi connectivity index (χ0n) is 12.0. The Morgan fingerprint density at radius 2 is 1.71 bits per heavy atom. The van der Waals surface area contributed by atoms with E-state index in [0.29, 0.717) is 25.4 Å². The molecule has 2 aliphatic rings. The van der Waals surface area contributed by atoms with E-state index in [0.717, 1.165) is 25.7 Å². The van der Waals surface area contributed by atoms with Gasteiger partial charge in [-0.05, 0) is 56.7 Å². The van der Waals surface area contributed by atoms with E-state index < -0.39 is 5.92 Å². The average molecular weight is 315 g/mol. The fraction of sp³-hybridized carbons (Fsp3) is 0.667. The average Bonchev–Trinajstić information content (AvgIpc) is 2.79. The number of rotatable bonds is 5. The Kier molecular flexibility index (Phi) is 7.05. The molecule has 1 amide bonds. The zero-order chi connectivity index (χ0) is 14.5. The molecule has 0 bridgehead atoms. The molecule has 1 saturated carbocycles. The van der Waals surface area contributed by atoms with Gasteiger partial charge in [0.2, 0.25) is 5.91 Å². The molecule has 0 unspecified atom stereocenters. The van der Waals surface area contributed by atoms with Gasteiger partial charge < -0.3 is 11.1 Å². The molecule has 6 heteroatoms. The third-order valence-electron chi connectivity index (χ3n) is 4.38. The number of nitrogens with two attached hydrogens (primary N) is 1. The lowest BCUT2D eigenvalue weighted by Gasteiger charge is -2.26. The predicted octanol–water partition coefficient (Wildman–Crippen LogP) is 1.00. The molecular weight excluding hydrogens is 292 g/mol. The lowest BCUT2D eigenvalue weighted by molar-refractivity contribution is -0.128. The molecule has 0 spiro atoms. The number of allylic oxidation sites excluding steroid dienone is 2. The van der Waals surface area contributed by atoms with Crippen molar-refractivity contribution in [1.82, 2.24) is 5.32 Å². The number of hydrogen-bond donors (Lipinski definition) is 2. The molecule has 0 aromatic heterocycles. The molecule has 0 aromatic rings. The van der Waals surface area contributed by atoms with E-state index in [-0.39, 0.29) is 35.8 Å². The summed E-state index contributed by atoms with van der Waals surface area (Å²) in [6, 6.07) is 0. The second-order valence-electron chi connectivity index (χ2n) is 5.72. The van der Waals surface area contributed by atoms with Crippen LogP contribution >= 0.6 is 12.4 Å². The molecule has 2 aliphatic carbocycles. The summed E-state index contributed by atoms with van der Waals surface area (Å²) in [6.07, 6.45) is 6.84. The second kappa shape index (κ2) is 8.29. The van der Waals surface area contributed by atoms with E-state index >= 15 is 0 Å². The number of carbonyl (C=O) groups is 3. The van der Waals surface area contributed by atoms with Crippen LogP contribution < -0.4 is 11.1 Å². The molecule has 118 valence electrons. The Bertz CT molecular complexity index is 411. The maximum atomic E-state index is 12.0. The maximum Gasteiger partial charge on any atom is 0.223 e. The first-order chi connectivity index (χ1) is 9.61. The Morgan fingerprint density at radius 1 is 1.14 bits per heavy atom. The maximum absolute atomic E-state index is 12.0. The Hall–Kier alpha value is -1.20. The third kappa shape index (κ3) is 4.64. The number of nitrogens with one attached hydrogen (secondary N) is 1. The van der Waals surface area contributed by atoms with Gasteiger partial charge in [-0.2, -0.15) is 0 Å². The minimum absolute atomic E-state index is 0. The highest BCUT2D eigenvalue weighted by Gasteiger charge is 2.29. The summed E-state index contributed by atoms with van der Waals surface area (Å²) in [5.41, 5.74) is 5.63. The number of carbonyl (C=O) groups excluding carboxylic acids is 3. The summed E-state index contributed by atoms with van der Waals surface area (Å²) in [6.45, 7) is 1.09. The van der Waals surface area contributed by atoms with Crippen LogP contribution in [0.3, 0.4) is 0 Å². The summed E-state index contributed by atoms with van der Waals surface area (Å²) in [7, 11) is 0. The third-order valence-corrected chi connectivity index (χ3v) is 4.38. The molecule has 5 nitrogen and oxygen atoms in total. The van der Waals surface area contributed by atoms with Crippen LogP contribution in [0.1, 0.15) is 32.1 Å². The Morgan fingerprint density at radius 3 is 2.24 bits per heavy atom. The molecule has 21 heavy (non-hydrogen) atoms. The molecule has 0 atom stereocenters. The summed E-state index contributed by atoms with van der Waals surface area (Å²) in [5.74, 6) is -0.209. The summed E-state index contributed by atoms with van der Waals surface area (Å²) >= 11 is 0. The van der Waals surface area contributed by atoms with E-state index in [1.54, 1.807) is 0 Å². The summed E-state index contributed by atoms with van der Waals surface area (Å²) < 4.78 is 0. The SMILES string of the molecule is Cl.NCC1CCC(C(=O)NCCC2C(=O)C=CC2=O)CC1. The van der Waals surface area contributed by atoms with Crippen molar-refractivity contribution in [2.75, 3.05) is 13.1 Å². The minimum atomic E-state index is -0.580. The number of hydrogen-bond acceptors (Lipinski definition) is 4. The van der Waals surface area contributed by atoms with Gasteiger partial charge in [0.25, 0.3) is 0 Å². The fourth-order valence-corrected chi connectivity index (χ4v) is 2.97. The molecule has 0 aromatic carbocycles. The van der Waals surface area contributed by atoms with Gasteiger partial charge >= 0.3 is 0 Å². The first-order valence-electron chi connectivity index (χ1n) is 7.35. The molecule has 2 rings (SSSR count). The van der Waals surface area contributed by atoms with E-state index in [4.69, 9.17) is 5.73 Å². The summed E-state index contributed by atoms with van der Waals surface area (Å²) in [4.78, 5) is 34.8. The minimum Gasteiger partial charge on any atom is -0.356 e. The van der Waals surface area contributed by atoms with Crippen molar-refractivity contribution < 1.29 is 14.4 Å². The van der Waals surface area contributed by atoms with Crippen LogP contribution in [-0.4, -0.2) is 30.6 Å². The molecule has 0 heterocycles. The van der Waals surface area contributed by atoms with Crippen LogP contribution in [0, 0.1) is 17.8 Å². The first-order valence-corrected chi connectivity index (χ1v) is 7.35. The molecule has 1 fully saturated rings. The van der Waals surface area contributed by atoms with Gasteiger partial charge in [-0.1, -0.05) is 0 Å². The highest BCUT2D eigenvalue weighted by Crippen LogP contribution is 2.28. The van der Waals surface area contributed by atoms with Gasteiger partial charge in [0.05, 0.1) is 5.92 Å². The highest BCUT2D eigenvalue weighted by molar-refractivity contribution is 6.18. The topological polar surface area (TPSA) is 89.3 Å². The van der Waals surface area contributed by atoms with Crippen LogP contribution in [0.5, 0.6) is 0 Å². The van der Waals surface area contributed by atoms with Crippen LogP contribution in [0.2, 0.25) is 0 Å². The summed E-state index contributed by atoms with van der Waals surface area (Å²) in [5, 5.41) is 2.85. The predicted molar refractivity (Wildman–Crippen MR) is 82.0 cm³/mol. The number of ketones is 2. The normalized spacial score (nSPS) is 25.8. The van der Waals surface area contributed by atoms with Crippen molar-refractivity contribution in [3.63, 3.8) is 0 Å². The van der Waals surface area contributed by atoms with Crippen molar-refractivity contribution in [1.29, 1.82) is 0 Å². The van der Waals surface area contributed by atoms with Gasteiger partial charge in [-0.3, -0.25) is 14.4 Å². The second-order valence-corrected chi connectivity index (χ2v) is 5.72. The highest BCUT2D eigenvalue weighted by atomic mass is 35.5. The van der Waals surface area contributed by atoms with Crippen molar-refractivity contribution in [2.45, 2.75) is 32.1 Å². The smallest absolute Gasteiger partial charge is 0.223 e. The first kappa shape index (κ1) is 17.9. The Labute approximate surface area is 131 Å². The largest absolute Gasteiger partial charge is 0.356 e. The van der Waals surface area contributed by atoms with E-state index in [1.165, 1.54) is 12.2 Å². The van der Waals surface area contributed by atoms with E-state index in [1.807, 2.05) is 0 Å². The Balaban J connectivity index is 0.00000220. The zero-order valence-corrected chi connectivity index (χ0v) is 12.9. The monoisotopic (exact) mass is 314 g/mol. The van der Waals surface area contributed by atoms with Crippen LogP contribution in [0.4, 0.5) is 0 Å². The molecule has 3 N–H and O–H groups in total. The fourth-order valence-electron chi connectivity index (χ4n) is 2.97. The van der Waals surface area contributed by atoms with Gasteiger partial charge in [-0.25, -0.2) is 0 Å². The molecular formula is C15H23ClN2O3. The van der Waals surface area contributed by atoms with Gasteiger partial charge in [0.15, 0.2) is 11.6 Å². The molecule has 0 aliphatic heterocycles. The van der Waals surface area contributed by atoms with Gasteiger partial charge in [0, 0.05) is 12.5 Å². The lowest BCUT2D eigenvalue weighted by Crippen LogP contribution is -2.36. The van der Waals surface area contributed by atoms with Crippen molar-refractivity contribution in [3.8, 4) is 0 Å². The molecule has 0 saturated heterocycles. The van der Waals surface area contributed by atoms with E-state index in [2.05, 4.69) is 5.32 Å². The van der Waals surface area contributed by atoms with Crippen LogP contribution in [0.25, 0.3) is 0 Å². The molecule has 0 radical (unpaired) electrons. The van der Waals surface area contributed by atoms with Crippen molar-refractivity contribution >= 4 is 29.9 Å². The van der Waals surface area contributed by atoms with Crippen LogP contribution in [-0.2, 0) is 14.4 Å². The van der Waals surface area contributed by atoms with Crippen LogP contribution in [0.15, 0.2) is 12.2 Å². The number of amides is 1. The van der Waals surface area contributed by atoms with E-state index in [9.17, 15) is 14.4 Å².